The second kappa shape index (κ2) is 18.9. The summed E-state index contributed by atoms with van der Waals surface area (Å²) in [6.07, 6.45) is 17.2. The predicted octanol–water partition coefficient (Wildman–Crippen LogP) is 7.35. The lowest BCUT2D eigenvalue weighted by Crippen LogP contribution is -2.48. The molecule has 0 bridgehead atoms. The second-order valence-corrected chi connectivity index (χ2v) is 10.4. The summed E-state index contributed by atoms with van der Waals surface area (Å²) in [4.78, 5) is 24.9. The molecule has 0 saturated heterocycles. The van der Waals surface area contributed by atoms with E-state index in [1.54, 1.807) is 51.1 Å². The van der Waals surface area contributed by atoms with Crippen molar-refractivity contribution in [3.05, 3.63) is 48.0 Å². The van der Waals surface area contributed by atoms with Gasteiger partial charge in [-0.1, -0.05) is 95.4 Å². The molecule has 6 heteroatoms. The van der Waals surface area contributed by atoms with Gasteiger partial charge in [0.1, 0.15) is 11.7 Å². The predicted molar refractivity (Wildman–Crippen MR) is 146 cm³/mol. The number of carbonyl (C=O) groups excluding carboxylic acids is 2. The maximum absolute atomic E-state index is 12.6. The fraction of sp³-hybridized carbons (Fsp3) is 0.667. The van der Waals surface area contributed by atoms with E-state index in [4.69, 9.17) is 9.47 Å². The number of aliphatic hydroxyl groups excluding tert-OH is 1. The first-order chi connectivity index (χ1) is 17.3. The molecule has 1 aromatic rings. The van der Waals surface area contributed by atoms with Crippen LogP contribution < -0.4 is 5.32 Å². The molecule has 0 aromatic heterocycles. The van der Waals surface area contributed by atoms with Crippen LogP contribution in [0.25, 0.3) is 0 Å². The Balaban J connectivity index is 2.53. The van der Waals surface area contributed by atoms with Gasteiger partial charge in [0.05, 0.1) is 18.2 Å². The number of rotatable bonds is 18. The van der Waals surface area contributed by atoms with Gasteiger partial charge in [-0.05, 0) is 51.8 Å². The number of esters is 1. The Morgan fingerprint density at radius 3 is 2.00 bits per heavy atom. The van der Waals surface area contributed by atoms with Gasteiger partial charge in [-0.3, -0.25) is 0 Å². The minimum atomic E-state index is -0.818. The number of unbranched alkanes of at least 4 members (excludes halogenated alkanes) is 11. The van der Waals surface area contributed by atoms with Gasteiger partial charge in [-0.2, -0.15) is 0 Å². The molecule has 2 unspecified atom stereocenters. The van der Waals surface area contributed by atoms with Crippen molar-refractivity contribution in [2.24, 2.45) is 0 Å². The van der Waals surface area contributed by atoms with Crippen molar-refractivity contribution < 1.29 is 24.2 Å². The molecule has 0 fully saturated rings. The van der Waals surface area contributed by atoms with E-state index in [9.17, 15) is 14.7 Å². The summed E-state index contributed by atoms with van der Waals surface area (Å²) in [6, 6.07) is 7.86. The van der Waals surface area contributed by atoms with Gasteiger partial charge in [-0.25, -0.2) is 9.59 Å². The molecule has 36 heavy (non-hydrogen) atoms. The first-order valence-corrected chi connectivity index (χ1v) is 13.8. The van der Waals surface area contributed by atoms with Crippen molar-refractivity contribution in [1.82, 2.24) is 5.32 Å². The first kappa shape index (κ1) is 31.7. The van der Waals surface area contributed by atoms with Crippen molar-refractivity contribution in [3.63, 3.8) is 0 Å². The highest BCUT2D eigenvalue weighted by Crippen LogP contribution is 2.14. The zero-order valence-corrected chi connectivity index (χ0v) is 23.0. The zero-order valence-electron chi connectivity index (χ0n) is 23.0. The molecule has 1 aromatic carbocycles. The van der Waals surface area contributed by atoms with Gasteiger partial charge in [-0.15, -0.1) is 0 Å². The fourth-order valence-electron chi connectivity index (χ4n) is 3.87. The standard InChI is InChI=1S/C30H49NO5/c1-5-6-7-8-9-10-11-12-13-14-15-16-20-23-27(35-28(33)25-21-18-17-19-22-25)26(24-32)31-29(34)36-30(2,3)4/h17-23,26-27,32H,5-16,24H2,1-4H3,(H,31,34). The van der Waals surface area contributed by atoms with Crippen LogP contribution in [-0.2, 0) is 9.47 Å². The Kier molecular flexibility index (Phi) is 16.6. The summed E-state index contributed by atoms with van der Waals surface area (Å²) in [5.41, 5.74) is -0.263. The van der Waals surface area contributed by atoms with E-state index < -0.39 is 36.4 Å². The largest absolute Gasteiger partial charge is 0.452 e. The van der Waals surface area contributed by atoms with Crippen LogP contribution in [0.3, 0.4) is 0 Å². The minimum Gasteiger partial charge on any atom is -0.452 e. The molecule has 0 spiro atoms. The average molecular weight is 504 g/mol. The summed E-state index contributed by atoms with van der Waals surface area (Å²) in [6.45, 7) is 7.15. The van der Waals surface area contributed by atoms with Crippen molar-refractivity contribution in [2.45, 2.75) is 122 Å². The van der Waals surface area contributed by atoms with Crippen LogP contribution in [0.2, 0.25) is 0 Å². The lowest BCUT2D eigenvalue weighted by Gasteiger charge is -2.26. The van der Waals surface area contributed by atoms with Crippen LogP contribution in [-0.4, -0.2) is 41.5 Å². The zero-order chi connectivity index (χ0) is 26.7. The smallest absolute Gasteiger partial charge is 0.408 e. The van der Waals surface area contributed by atoms with E-state index in [1.165, 1.54) is 57.8 Å². The molecule has 1 amide bonds. The minimum absolute atomic E-state index is 0.394. The monoisotopic (exact) mass is 503 g/mol. The lowest BCUT2D eigenvalue weighted by atomic mass is 10.0. The molecule has 0 aliphatic carbocycles. The highest BCUT2D eigenvalue weighted by molar-refractivity contribution is 5.89. The maximum atomic E-state index is 12.6. The molecule has 1 rings (SSSR count). The number of carbonyl (C=O) groups is 2. The maximum Gasteiger partial charge on any atom is 0.408 e. The van der Waals surface area contributed by atoms with Crippen LogP contribution in [0.15, 0.2) is 42.5 Å². The highest BCUT2D eigenvalue weighted by Gasteiger charge is 2.27. The van der Waals surface area contributed by atoms with Gasteiger partial charge in [0, 0.05) is 0 Å². The van der Waals surface area contributed by atoms with E-state index in [1.807, 2.05) is 12.1 Å². The molecule has 0 radical (unpaired) electrons. The number of nitrogens with one attached hydrogen (secondary N) is 1. The Morgan fingerprint density at radius 2 is 1.47 bits per heavy atom. The summed E-state index contributed by atoms with van der Waals surface area (Å²) in [7, 11) is 0. The molecule has 204 valence electrons. The fourth-order valence-corrected chi connectivity index (χ4v) is 3.87. The second-order valence-electron chi connectivity index (χ2n) is 10.4. The van der Waals surface area contributed by atoms with E-state index in [-0.39, 0.29) is 0 Å². The van der Waals surface area contributed by atoms with E-state index in [2.05, 4.69) is 12.2 Å². The third-order valence-electron chi connectivity index (χ3n) is 5.85. The van der Waals surface area contributed by atoms with Gasteiger partial charge in [0.2, 0.25) is 0 Å². The van der Waals surface area contributed by atoms with Gasteiger partial charge in [0.15, 0.2) is 0 Å². The molecule has 0 saturated carbocycles. The van der Waals surface area contributed by atoms with Crippen molar-refractivity contribution in [1.29, 1.82) is 0 Å². The number of alkyl carbamates (subject to hydrolysis) is 1. The number of hydrogen-bond donors (Lipinski definition) is 2. The molecule has 0 aliphatic rings. The van der Waals surface area contributed by atoms with Gasteiger partial charge >= 0.3 is 12.1 Å². The molecule has 0 heterocycles. The number of benzene rings is 1. The number of hydrogen-bond acceptors (Lipinski definition) is 5. The van der Waals surface area contributed by atoms with Crippen molar-refractivity contribution in [2.75, 3.05) is 6.61 Å². The summed E-state index contributed by atoms with van der Waals surface area (Å²) in [5, 5.41) is 12.6. The SMILES string of the molecule is CCCCCCCCCCCCCC=CC(OC(=O)c1ccccc1)C(CO)NC(=O)OC(C)(C)C. The third-order valence-corrected chi connectivity index (χ3v) is 5.85. The van der Waals surface area contributed by atoms with E-state index in [0.717, 1.165) is 19.3 Å². The van der Waals surface area contributed by atoms with E-state index >= 15 is 0 Å². The van der Waals surface area contributed by atoms with Gasteiger partial charge < -0.3 is 19.9 Å². The summed E-state index contributed by atoms with van der Waals surface area (Å²) in [5.74, 6) is -0.510. The van der Waals surface area contributed by atoms with Crippen LogP contribution in [0.4, 0.5) is 4.79 Å². The number of allylic oxidation sites excluding steroid dienone is 1. The molecule has 2 N–H and O–H groups in total. The lowest BCUT2D eigenvalue weighted by molar-refractivity contribution is 0.0181. The molecule has 6 nitrogen and oxygen atoms in total. The quantitative estimate of drug-likeness (QED) is 0.124. The topological polar surface area (TPSA) is 84.9 Å². The molecular weight excluding hydrogens is 454 g/mol. The number of aliphatic hydroxyl groups is 1. The Morgan fingerprint density at radius 1 is 0.917 bits per heavy atom. The van der Waals surface area contributed by atoms with Crippen LogP contribution >= 0.6 is 0 Å². The van der Waals surface area contributed by atoms with E-state index in [0.29, 0.717) is 5.56 Å². The molecule has 0 aliphatic heterocycles. The number of ether oxygens (including phenoxy) is 2. The first-order valence-electron chi connectivity index (χ1n) is 13.8. The average Bonchev–Trinajstić information content (AvgIpc) is 2.84. The Hall–Kier alpha value is -2.34. The normalized spacial score (nSPS) is 13.4. The molecule has 2 atom stereocenters. The summed E-state index contributed by atoms with van der Waals surface area (Å²) < 4.78 is 11.0. The van der Waals surface area contributed by atoms with Crippen LogP contribution in [0.5, 0.6) is 0 Å². The highest BCUT2D eigenvalue weighted by atomic mass is 16.6. The summed E-state index contributed by atoms with van der Waals surface area (Å²) >= 11 is 0. The Labute approximate surface area is 218 Å². The Bertz CT molecular complexity index is 741. The van der Waals surface area contributed by atoms with Crippen molar-refractivity contribution in [3.8, 4) is 0 Å². The molecular formula is C30H49NO5. The van der Waals surface area contributed by atoms with Crippen molar-refractivity contribution >= 4 is 12.1 Å². The van der Waals surface area contributed by atoms with Crippen LogP contribution in [0, 0.1) is 0 Å². The van der Waals surface area contributed by atoms with Crippen LogP contribution in [0.1, 0.15) is 115 Å². The van der Waals surface area contributed by atoms with Gasteiger partial charge in [0.25, 0.3) is 0 Å². The third kappa shape index (κ3) is 15.6. The number of amides is 1.